The van der Waals surface area contributed by atoms with E-state index in [0.717, 1.165) is 18.0 Å². The highest BCUT2D eigenvalue weighted by molar-refractivity contribution is 5.92. The van der Waals surface area contributed by atoms with E-state index in [1.807, 2.05) is 68.3 Å². The Morgan fingerprint density at radius 3 is 2.57 bits per heavy atom. The van der Waals surface area contributed by atoms with Crippen LogP contribution in [0.2, 0.25) is 0 Å². The van der Waals surface area contributed by atoms with Crippen molar-refractivity contribution in [1.82, 2.24) is 4.90 Å². The molecule has 0 unspecified atom stereocenters. The van der Waals surface area contributed by atoms with Crippen molar-refractivity contribution in [3.8, 4) is 5.75 Å². The summed E-state index contributed by atoms with van der Waals surface area (Å²) in [6, 6.07) is 17.6. The molecule has 2 aromatic carbocycles. The number of anilines is 1. The zero-order valence-electron chi connectivity index (χ0n) is 14.0. The normalized spacial score (nSPS) is 10.8. The number of nitrogens with one attached hydrogen (secondary N) is 1. The second-order valence-electron chi connectivity index (χ2n) is 5.90. The number of hydrogen-bond donors (Lipinski definition) is 1. The number of rotatable bonds is 7. The molecule has 1 N–H and O–H groups in total. The first-order chi connectivity index (χ1) is 11.0. The van der Waals surface area contributed by atoms with Gasteiger partial charge in [-0.2, -0.15) is 0 Å². The smallest absolute Gasteiger partial charge is 0.238 e. The fourth-order valence-electron chi connectivity index (χ4n) is 2.32. The van der Waals surface area contributed by atoms with Crippen LogP contribution in [0.3, 0.4) is 0 Å². The van der Waals surface area contributed by atoms with E-state index in [0.29, 0.717) is 6.54 Å². The highest BCUT2D eigenvalue weighted by atomic mass is 16.5. The molecular weight excluding hydrogens is 288 g/mol. The molecule has 0 aromatic heterocycles. The van der Waals surface area contributed by atoms with Gasteiger partial charge >= 0.3 is 0 Å². The molecule has 4 nitrogen and oxygen atoms in total. The van der Waals surface area contributed by atoms with E-state index in [1.165, 1.54) is 5.56 Å². The van der Waals surface area contributed by atoms with Crippen LogP contribution in [0.25, 0.3) is 0 Å². The average Bonchev–Trinajstić information content (AvgIpc) is 2.47. The van der Waals surface area contributed by atoms with Gasteiger partial charge in [0.25, 0.3) is 0 Å². The molecule has 0 aliphatic heterocycles. The van der Waals surface area contributed by atoms with Crippen LogP contribution in [0.4, 0.5) is 5.69 Å². The molecule has 0 saturated heterocycles. The van der Waals surface area contributed by atoms with Gasteiger partial charge in [0.15, 0.2) is 0 Å². The minimum absolute atomic E-state index is 0.0369. The zero-order chi connectivity index (χ0) is 16.7. The van der Waals surface area contributed by atoms with Crippen LogP contribution < -0.4 is 10.1 Å². The first kappa shape index (κ1) is 17.0. The topological polar surface area (TPSA) is 41.6 Å². The lowest BCUT2D eigenvalue weighted by Gasteiger charge is -2.17. The van der Waals surface area contributed by atoms with Crippen LogP contribution >= 0.6 is 0 Å². The van der Waals surface area contributed by atoms with Gasteiger partial charge in [0.1, 0.15) is 5.75 Å². The molecule has 0 bridgehead atoms. The van der Waals surface area contributed by atoms with Gasteiger partial charge in [-0.1, -0.05) is 36.4 Å². The summed E-state index contributed by atoms with van der Waals surface area (Å²) in [4.78, 5) is 14.1. The molecule has 1 amide bonds. The van der Waals surface area contributed by atoms with E-state index in [9.17, 15) is 4.79 Å². The third-order valence-corrected chi connectivity index (χ3v) is 3.20. The van der Waals surface area contributed by atoms with E-state index in [1.54, 1.807) is 0 Å². The summed E-state index contributed by atoms with van der Waals surface area (Å²) in [5.74, 6) is 0.723. The SMILES string of the molecule is CC(C)Oc1cccc(NC(=O)CN(C)Cc2ccccc2)c1. The summed E-state index contributed by atoms with van der Waals surface area (Å²) < 4.78 is 5.63. The molecule has 122 valence electrons. The maximum absolute atomic E-state index is 12.2. The van der Waals surface area contributed by atoms with Crippen LogP contribution in [0.5, 0.6) is 5.75 Å². The molecule has 23 heavy (non-hydrogen) atoms. The van der Waals surface area contributed by atoms with Crippen molar-refractivity contribution in [1.29, 1.82) is 0 Å². The number of nitrogens with zero attached hydrogens (tertiary/aromatic N) is 1. The van der Waals surface area contributed by atoms with Crippen LogP contribution in [-0.2, 0) is 11.3 Å². The third-order valence-electron chi connectivity index (χ3n) is 3.20. The first-order valence-electron chi connectivity index (χ1n) is 7.82. The highest BCUT2D eigenvalue weighted by Gasteiger charge is 2.08. The van der Waals surface area contributed by atoms with Gasteiger partial charge in [-0.25, -0.2) is 0 Å². The molecule has 0 fully saturated rings. The van der Waals surface area contributed by atoms with Gasteiger partial charge in [0, 0.05) is 18.3 Å². The van der Waals surface area contributed by atoms with E-state index < -0.39 is 0 Å². The average molecular weight is 312 g/mol. The molecule has 0 spiro atoms. The minimum atomic E-state index is -0.0369. The number of hydrogen-bond acceptors (Lipinski definition) is 3. The van der Waals surface area contributed by atoms with Gasteiger partial charge in [-0.15, -0.1) is 0 Å². The second kappa shape index (κ2) is 8.34. The monoisotopic (exact) mass is 312 g/mol. The van der Waals surface area contributed by atoms with Gasteiger partial charge in [-0.05, 0) is 38.6 Å². The predicted molar refractivity (Wildman–Crippen MR) is 93.6 cm³/mol. The number of carbonyl (C=O) groups is 1. The molecule has 0 aliphatic carbocycles. The highest BCUT2D eigenvalue weighted by Crippen LogP contribution is 2.18. The van der Waals surface area contributed by atoms with Crippen LogP contribution in [-0.4, -0.2) is 30.5 Å². The van der Waals surface area contributed by atoms with Crippen molar-refractivity contribution < 1.29 is 9.53 Å². The van der Waals surface area contributed by atoms with Crippen LogP contribution in [0.1, 0.15) is 19.4 Å². The first-order valence-corrected chi connectivity index (χ1v) is 7.82. The Kier molecular flexibility index (Phi) is 6.18. The lowest BCUT2D eigenvalue weighted by molar-refractivity contribution is -0.117. The Morgan fingerprint density at radius 2 is 1.87 bits per heavy atom. The standard InChI is InChI=1S/C19H24N2O2/c1-15(2)23-18-11-7-10-17(12-18)20-19(22)14-21(3)13-16-8-5-4-6-9-16/h4-12,15H,13-14H2,1-3H3,(H,20,22). The fraction of sp³-hybridized carbons (Fsp3) is 0.316. The summed E-state index contributed by atoms with van der Waals surface area (Å²) in [5.41, 5.74) is 1.94. The molecule has 2 aromatic rings. The minimum Gasteiger partial charge on any atom is -0.491 e. The van der Waals surface area contributed by atoms with Gasteiger partial charge < -0.3 is 10.1 Å². The number of likely N-dealkylation sites (N-methyl/N-ethyl adjacent to an activating group) is 1. The Morgan fingerprint density at radius 1 is 1.13 bits per heavy atom. The Bertz CT molecular complexity index is 626. The zero-order valence-corrected chi connectivity index (χ0v) is 14.0. The summed E-state index contributed by atoms with van der Waals surface area (Å²) in [5, 5.41) is 2.91. The van der Waals surface area contributed by atoms with E-state index in [-0.39, 0.29) is 12.0 Å². The van der Waals surface area contributed by atoms with Crippen molar-refractivity contribution in [3.05, 3.63) is 60.2 Å². The van der Waals surface area contributed by atoms with Gasteiger partial charge in [-0.3, -0.25) is 9.69 Å². The largest absolute Gasteiger partial charge is 0.491 e. The molecule has 0 heterocycles. The Hall–Kier alpha value is -2.33. The van der Waals surface area contributed by atoms with Crippen LogP contribution in [0, 0.1) is 0 Å². The summed E-state index contributed by atoms with van der Waals surface area (Å²) in [7, 11) is 1.94. The predicted octanol–water partition coefficient (Wildman–Crippen LogP) is 3.54. The molecule has 0 radical (unpaired) electrons. The summed E-state index contributed by atoms with van der Waals surface area (Å²) >= 11 is 0. The lowest BCUT2D eigenvalue weighted by Crippen LogP contribution is -2.29. The van der Waals surface area contributed by atoms with E-state index in [4.69, 9.17) is 4.74 Å². The Balaban J connectivity index is 1.86. The van der Waals surface area contributed by atoms with Crippen molar-refractivity contribution in [2.75, 3.05) is 18.9 Å². The maximum Gasteiger partial charge on any atom is 0.238 e. The fourth-order valence-corrected chi connectivity index (χ4v) is 2.32. The van der Waals surface area contributed by atoms with E-state index in [2.05, 4.69) is 17.4 Å². The number of carbonyl (C=O) groups excluding carboxylic acids is 1. The molecule has 0 aliphatic rings. The van der Waals surface area contributed by atoms with Crippen molar-refractivity contribution in [3.63, 3.8) is 0 Å². The summed E-state index contributed by atoms with van der Waals surface area (Å²) in [6.45, 7) is 5.03. The number of benzene rings is 2. The van der Waals surface area contributed by atoms with Crippen molar-refractivity contribution in [2.24, 2.45) is 0 Å². The quantitative estimate of drug-likeness (QED) is 0.850. The number of amides is 1. The Labute approximate surface area is 138 Å². The second-order valence-corrected chi connectivity index (χ2v) is 5.90. The van der Waals surface area contributed by atoms with Gasteiger partial charge in [0.2, 0.25) is 5.91 Å². The molecule has 4 heteroatoms. The molecule has 0 atom stereocenters. The van der Waals surface area contributed by atoms with Crippen LogP contribution in [0.15, 0.2) is 54.6 Å². The van der Waals surface area contributed by atoms with E-state index >= 15 is 0 Å². The van der Waals surface area contributed by atoms with Crippen molar-refractivity contribution >= 4 is 11.6 Å². The van der Waals surface area contributed by atoms with Gasteiger partial charge in [0.05, 0.1) is 12.6 Å². The third kappa shape index (κ3) is 6.12. The van der Waals surface area contributed by atoms with Crippen molar-refractivity contribution in [2.45, 2.75) is 26.5 Å². The molecular formula is C19H24N2O2. The number of ether oxygens (including phenoxy) is 1. The summed E-state index contributed by atoms with van der Waals surface area (Å²) in [6.07, 6.45) is 0.109. The maximum atomic E-state index is 12.2. The molecule has 0 saturated carbocycles. The molecule has 2 rings (SSSR count). The lowest BCUT2D eigenvalue weighted by atomic mass is 10.2.